The second-order valence-electron chi connectivity index (χ2n) is 5.71. The van der Waals surface area contributed by atoms with E-state index in [1.54, 1.807) is 31.3 Å². The van der Waals surface area contributed by atoms with Crippen LogP contribution in [0.3, 0.4) is 0 Å². The molecule has 0 aliphatic rings. The van der Waals surface area contributed by atoms with E-state index in [0.29, 0.717) is 16.3 Å². The highest BCUT2D eigenvalue weighted by atomic mass is 16.6. The lowest BCUT2D eigenvalue weighted by atomic mass is 10.1. The first-order chi connectivity index (χ1) is 12.4. The van der Waals surface area contributed by atoms with E-state index < -0.39 is 4.92 Å². The Bertz CT molecular complexity index is 1040. The fourth-order valence-electron chi connectivity index (χ4n) is 2.84. The Balaban J connectivity index is 0.000000261. The lowest BCUT2D eigenvalue weighted by Crippen LogP contribution is -1.88. The second-order valence-corrected chi connectivity index (χ2v) is 5.71. The van der Waals surface area contributed by atoms with Crippen molar-refractivity contribution in [3.8, 4) is 0 Å². The number of H-pyrrole nitrogens is 2. The molecular weight excluding hydrogens is 362 g/mol. The maximum Gasteiger partial charge on any atom is 0.280 e. The molecule has 2 aromatic carbocycles. The van der Waals surface area contributed by atoms with Crippen molar-refractivity contribution >= 4 is 33.2 Å². The molecule has 0 aliphatic carbocycles. The smallest absolute Gasteiger partial charge is 0.280 e. The molecule has 0 radical (unpaired) electrons. The van der Waals surface area contributed by atoms with Crippen LogP contribution in [0.25, 0.3) is 21.8 Å². The predicted octanol–water partition coefficient (Wildman–Crippen LogP) is 5.44. The van der Waals surface area contributed by atoms with Gasteiger partial charge in [0.15, 0.2) is 0 Å². The molecule has 0 fully saturated rings. The van der Waals surface area contributed by atoms with Crippen molar-refractivity contribution in [3.05, 3.63) is 74.1 Å². The van der Waals surface area contributed by atoms with E-state index in [2.05, 4.69) is 15.2 Å². The summed E-state index contributed by atoms with van der Waals surface area (Å²) in [7, 11) is 0. The molecule has 4 rings (SSSR count). The highest BCUT2D eigenvalue weighted by molar-refractivity contribution is 5.91. The molecule has 0 atom stereocenters. The molecule has 9 heteroatoms. The van der Waals surface area contributed by atoms with Gasteiger partial charge in [0, 0.05) is 24.0 Å². The number of aromatic nitrogens is 3. The third-order valence-electron chi connectivity index (χ3n) is 4.01. The Morgan fingerprint density at radius 1 is 0.893 bits per heavy atom. The summed E-state index contributed by atoms with van der Waals surface area (Å²) >= 11 is 0. The molecule has 2 heterocycles. The van der Waals surface area contributed by atoms with Crippen LogP contribution in [-0.2, 0) is 0 Å². The van der Waals surface area contributed by atoms with E-state index >= 15 is 0 Å². The van der Waals surface area contributed by atoms with Crippen molar-refractivity contribution in [2.45, 2.75) is 28.7 Å². The fourth-order valence-corrected chi connectivity index (χ4v) is 2.84. The molecule has 0 saturated heterocycles. The number of rotatable bonds is 2. The molecule has 0 spiro atoms. The van der Waals surface area contributed by atoms with Crippen LogP contribution in [0.1, 0.15) is 26.1 Å². The van der Waals surface area contributed by atoms with Gasteiger partial charge >= 0.3 is 0 Å². The Labute approximate surface area is 161 Å². The predicted molar refractivity (Wildman–Crippen MR) is 111 cm³/mol. The highest BCUT2D eigenvalue weighted by Crippen LogP contribution is 2.27. The zero-order valence-corrected chi connectivity index (χ0v) is 14.0. The summed E-state index contributed by atoms with van der Waals surface area (Å²) in [5.41, 5.74) is 3.34. The summed E-state index contributed by atoms with van der Waals surface area (Å²) in [5, 5.41) is 29.2. The van der Waals surface area contributed by atoms with Gasteiger partial charge in [0.1, 0.15) is 5.39 Å². The summed E-state index contributed by atoms with van der Waals surface area (Å²) in [4.78, 5) is 23.5. The molecule has 148 valence electrons. The first-order valence-electron chi connectivity index (χ1n) is 7.69. The van der Waals surface area contributed by atoms with E-state index in [1.165, 1.54) is 12.1 Å². The number of nitro groups is 2. The van der Waals surface area contributed by atoms with Crippen LogP contribution in [0.15, 0.2) is 42.6 Å². The highest BCUT2D eigenvalue weighted by Gasteiger charge is 2.15. The average molecular weight is 385 g/mol. The van der Waals surface area contributed by atoms with E-state index in [9.17, 15) is 20.2 Å². The SMILES string of the molecule is C.C.Cc1[nH]nc2cccc([N+](=O)[O-])c12.Cc1c[nH]c2cccc([N+](=O)[O-])c12. The maximum atomic E-state index is 10.7. The van der Waals surface area contributed by atoms with E-state index in [-0.39, 0.29) is 31.2 Å². The summed E-state index contributed by atoms with van der Waals surface area (Å²) < 4.78 is 0. The minimum atomic E-state index is -0.398. The number of nitrogens with one attached hydrogen (secondary N) is 2. The summed E-state index contributed by atoms with van der Waals surface area (Å²) in [6, 6.07) is 9.87. The van der Waals surface area contributed by atoms with Crippen LogP contribution < -0.4 is 0 Å². The van der Waals surface area contributed by atoms with Gasteiger partial charge in [-0.3, -0.25) is 25.3 Å². The third kappa shape index (κ3) is 3.98. The Hall–Kier alpha value is -3.75. The number of nitro benzene ring substituents is 2. The molecule has 9 nitrogen and oxygen atoms in total. The molecule has 28 heavy (non-hydrogen) atoms. The summed E-state index contributed by atoms with van der Waals surface area (Å²) in [6.07, 6.45) is 1.78. The minimum Gasteiger partial charge on any atom is -0.361 e. The Morgan fingerprint density at radius 3 is 2.07 bits per heavy atom. The molecule has 0 bridgehead atoms. The van der Waals surface area contributed by atoms with Crippen LogP contribution in [0.2, 0.25) is 0 Å². The number of benzene rings is 2. The molecule has 0 unspecified atom stereocenters. The van der Waals surface area contributed by atoms with Crippen molar-refractivity contribution in [1.82, 2.24) is 15.2 Å². The van der Waals surface area contributed by atoms with E-state index in [0.717, 1.165) is 16.8 Å². The number of nitrogens with zero attached hydrogens (tertiary/aromatic N) is 3. The summed E-state index contributed by atoms with van der Waals surface area (Å²) in [5.74, 6) is 0. The van der Waals surface area contributed by atoms with Crippen molar-refractivity contribution < 1.29 is 9.85 Å². The number of aryl methyl sites for hydroxylation is 2. The molecule has 4 aromatic rings. The zero-order valence-electron chi connectivity index (χ0n) is 14.0. The first kappa shape index (κ1) is 22.3. The van der Waals surface area contributed by atoms with Crippen LogP contribution in [0, 0.1) is 34.1 Å². The van der Waals surface area contributed by atoms with Crippen LogP contribution in [0.5, 0.6) is 0 Å². The van der Waals surface area contributed by atoms with Gasteiger partial charge in [-0.05, 0) is 31.5 Å². The molecular formula is C19H23N5O4. The lowest BCUT2D eigenvalue weighted by Gasteiger charge is -1.94. The van der Waals surface area contributed by atoms with Gasteiger partial charge in [-0.2, -0.15) is 5.10 Å². The van der Waals surface area contributed by atoms with Crippen molar-refractivity contribution in [1.29, 1.82) is 0 Å². The van der Waals surface area contributed by atoms with Crippen molar-refractivity contribution in [2.24, 2.45) is 0 Å². The van der Waals surface area contributed by atoms with Gasteiger partial charge in [0.2, 0.25) is 0 Å². The number of aromatic amines is 2. The standard InChI is InChI=1S/C9H8N2O2.C8H7N3O2.2CH4/c1-6-5-10-7-3-2-4-8(9(6)7)11(12)13;1-5-8-6(10-9-5)3-2-4-7(8)11(12)13;;/h2-5,10H,1H3;2-4H,1H3,(H,9,10);2*1H4. The Kier molecular flexibility index (Phi) is 6.97. The maximum absolute atomic E-state index is 10.7. The van der Waals surface area contributed by atoms with Gasteiger partial charge in [0.25, 0.3) is 11.4 Å². The monoisotopic (exact) mass is 385 g/mol. The topological polar surface area (TPSA) is 131 Å². The van der Waals surface area contributed by atoms with E-state index in [1.807, 2.05) is 13.0 Å². The van der Waals surface area contributed by atoms with Gasteiger partial charge in [-0.1, -0.05) is 27.0 Å². The number of hydrogen-bond acceptors (Lipinski definition) is 5. The molecule has 2 aromatic heterocycles. The van der Waals surface area contributed by atoms with Gasteiger partial charge < -0.3 is 4.98 Å². The second kappa shape index (κ2) is 8.76. The fraction of sp³-hybridized carbons (Fsp3) is 0.211. The van der Waals surface area contributed by atoms with Gasteiger partial charge in [0.05, 0.1) is 26.3 Å². The molecule has 0 amide bonds. The molecule has 2 N–H and O–H groups in total. The van der Waals surface area contributed by atoms with Gasteiger partial charge in [-0.15, -0.1) is 0 Å². The normalized spacial score (nSPS) is 9.79. The summed E-state index contributed by atoms with van der Waals surface area (Å²) in [6.45, 7) is 3.62. The van der Waals surface area contributed by atoms with Crippen LogP contribution in [-0.4, -0.2) is 25.0 Å². The Morgan fingerprint density at radius 2 is 1.46 bits per heavy atom. The molecule has 0 saturated carbocycles. The average Bonchev–Trinajstić information content (AvgIpc) is 3.19. The first-order valence-corrected chi connectivity index (χ1v) is 7.69. The zero-order chi connectivity index (χ0) is 18.8. The molecule has 0 aliphatic heterocycles. The minimum absolute atomic E-state index is 0. The number of non-ortho nitro benzene ring substituents is 2. The number of fused-ring (bicyclic) bond motifs is 2. The number of hydrogen-bond donors (Lipinski definition) is 2. The quantitative estimate of drug-likeness (QED) is 0.350. The van der Waals surface area contributed by atoms with Crippen molar-refractivity contribution in [3.63, 3.8) is 0 Å². The van der Waals surface area contributed by atoms with Crippen LogP contribution in [0.4, 0.5) is 11.4 Å². The lowest BCUT2D eigenvalue weighted by molar-refractivity contribution is -0.383. The third-order valence-corrected chi connectivity index (χ3v) is 4.01. The van der Waals surface area contributed by atoms with Crippen LogP contribution >= 0.6 is 0 Å². The largest absolute Gasteiger partial charge is 0.361 e. The van der Waals surface area contributed by atoms with E-state index in [4.69, 9.17) is 0 Å². The van der Waals surface area contributed by atoms with Crippen molar-refractivity contribution in [2.75, 3.05) is 0 Å². The van der Waals surface area contributed by atoms with Gasteiger partial charge in [-0.25, -0.2) is 0 Å².